The zero-order valence-corrected chi connectivity index (χ0v) is 48.3. The van der Waals surface area contributed by atoms with E-state index in [0.29, 0.717) is 25.0 Å². The van der Waals surface area contributed by atoms with Gasteiger partial charge in [0.2, 0.25) is 0 Å². The normalized spacial score (nSPS) is 20.1. The van der Waals surface area contributed by atoms with E-state index in [1.807, 2.05) is 12.1 Å². The van der Waals surface area contributed by atoms with Crippen LogP contribution in [0.3, 0.4) is 0 Å². The molecule has 0 aliphatic carbocycles. The largest absolute Gasteiger partial charge is 0.497 e. The maximum atomic E-state index is 7.81. The van der Waals surface area contributed by atoms with Gasteiger partial charge in [-0.2, -0.15) is 0 Å². The maximum absolute atomic E-state index is 7.81. The Labute approximate surface area is 413 Å². The van der Waals surface area contributed by atoms with E-state index in [2.05, 4.69) is 194 Å². The summed E-state index contributed by atoms with van der Waals surface area (Å²) in [5.74, 6) is 4.75. The molecule has 0 amide bonds. The van der Waals surface area contributed by atoms with Crippen LogP contribution in [0.15, 0.2) is 84.9 Å². The fraction of sp³-hybridized carbons (Fsp3) is 0.655. The molecule has 67 heavy (non-hydrogen) atoms. The van der Waals surface area contributed by atoms with Gasteiger partial charge in [-0.3, -0.25) is 0 Å². The summed E-state index contributed by atoms with van der Waals surface area (Å²) in [6.07, 6.45) is 4.62. The summed E-state index contributed by atoms with van der Waals surface area (Å²) in [5, 5.41) is 2.57. The van der Waals surface area contributed by atoms with E-state index in [1.54, 1.807) is 7.11 Å². The molecule has 1 aliphatic rings. The van der Waals surface area contributed by atoms with Crippen molar-refractivity contribution < 1.29 is 27.8 Å². The summed E-state index contributed by atoms with van der Waals surface area (Å²) in [7, 11) is -4.49. The van der Waals surface area contributed by atoms with Crippen molar-refractivity contribution in [3.63, 3.8) is 0 Å². The van der Waals surface area contributed by atoms with Gasteiger partial charge < -0.3 is 27.8 Å². The molecule has 374 valence electrons. The van der Waals surface area contributed by atoms with Gasteiger partial charge in [-0.1, -0.05) is 175 Å². The van der Waals surface area contributed by atoms with Crippen LogP contribution < -0.4 is 15.1 Å². The minimum Gasteiger partial charge on any atom is -0.497 e. The average molecular weight is 972 g/mol. The second-order valence-corrected chi connectivity index (χ2v) is 36.4. The predicted octanol–water partition coefficient (Wildman–Crippen LogP) is 14.1. The fourth-order valence-corrected chi connectivity index (χ4v) is 19.0. The van der Waals surface area contributed by atoms with Crippen LogP contribution in [0.2, 0.25) is 42.8 Å². The zero-order valence-electron chi connectivity index (χ0n) is 45.3. The molecule has 0 N–H and O–H groups in total. The molecule has 1 saturated heterocycles. The minimum atomic E-state index is -2.71. The second kappa shape index (κ2) is 25.5. The Morgan fingerprint density at radius 1 is 0.761 bits per heavy atom. The van der Waals surface area contributed by atoms with Gasteiger partial charge >= 0.3 is 0 Å². The summed E-state index contributed by atoms with van der Waals surface area (Å²) >= 11 is 0. The van der Waals surface area contributed by atoms with Crippen LogP contribution >= 0.6 is 0 Å². The Kier molecular flexibility index (Phi) is 21.8. The SMILES string of the molecule is CC[C@H](CO[Si](c1ccccc1)(c1ccccc1)C(C)(C)C)C[C@H](C)[C@H](O[Si](CC)(CC)CC)[C@@H](C)[C@@H](OCc1ccc(OC)cc1)[C@@H](C)[C@@H]1C[C@@H]([C@@H](C)CCC#C[Si](C)(C)C)OC(C)(C)O1. The first-order valence-corrected chi connectivity index (χ1v) is 34.0. The summed E-state index contributed by atoms with van der Waals surface area (Å²) in [4.78, 5) is 0. The molecule has 0 saturated carbocycles. The van der Waals surface area contributed by atoms with Gasteiger partial charge in [0.25, 0.3) is 8.32 Å². The van der Waals surface area contributed by atoms with Crippen molar-refractivity contribution in [1.29, 1.82) is 0 Å². The molecule has 0 radical (unpaired) electrons. The van der Waals surface area contributed by atoms with Gasteiger partial charge in [0, 0.05) is 31.3 Å². The number of rotatable bonds is 25. The van der Waals surface area contributed by atoms with Crippen molar-refractivity contribution >= 4 is 35.1 Å². The first kappa shape index (κ1) is 57.1. The van der Waals surface area contributed by atoms with Gasteiger partial charge in [0.15, 0.2) is 14.1 Å². The van der Waals surface area contributed by atoms with E-state index in [4.69, 9.17) is 27.8 Å². The highest BCUT2D eigenvalue weighted by Crippen LogP contribution is 2.42. The van der Waals surface area contributed by atoms with Crippen molar-refractivity contribution in [2.24, 2.45) is 29.6 Å². The Balaban J connectivity index is 1.72. The first-order valence-electron chi connectivity index (χ1n) is 26.1. The number of benzene rings is 3. The van der Waals surface area contributed by atoms with Crippen molar-refractivity contribution in [2.75, 3.05) is 13.7 Å². The highest BCUT2D eigenvalue weighted by Gasteiger charge is 2.51. The third-order valence-corrected chi connectivity index (χ3v) is 25.6. The van der Waals surface area contributed by atoms with Gasteiger partial charge in [-0.05, 0) is 95.7 Å². The number of hydrogen-bond donors (Lipinski definition) is 0. The van der Waals surface area contributed by atoms with Gasteiger partial charge in [0.1, 0.15) is 13.8 Å². The number of methoxy groups -OCH3 is 1. The molecule has 1 aliphatic heterocycles. The minimum absolute atomic E-state index is 0.00994. The molecule has 4 rings (SSSR count). The smallest absolute Gasteiger partial charge is 0.261 e. The Morgan fingerprint density at radius 2 is 1.31 bits per heavy atom. The van der Waals surface area contributed by atoms with Crippen molar-refractivity contribution in [3.8, 4) is 17.2 Å². The molecule has 9 atom stereocenters. The van der Waals surface area contributed by atoms with E-state index in [9.17, 15) is 0 Å². The fourth-order valence-electron chi connectivity index (χ4n) is 10.7. The lowest BCUT2D eigenvalue weighted by molar-refractivity contribution is -0.320. The van der Waals surface area contributed by atoms with Crippen molar-refractivity contribution in [1.82, 2.24) is 0 Å². The summed E-state index contributed by atoms with van der Waals surface area (Å²) in [6, 6.07) is 33.7. The molecule has 1 fully saturated rings. The lowest BCUT2D eigenvalue weighted by Crippen LogP contribution is -2.66. The lowest BCUT2D eigenvalue weighted by atomic mass is 9.77. The maximum Gasteiger partial charge on any atom is 0.261 e. The first-order chi connectivity index (χ1) is 31.6. The molecular weight excluding hydrogens is 877 g/mol. The third kappa shape index (κ3) is 15.7. The molecule has 0 unspecified atom stereocenters. The Hall–Kier alpha value is -2.53. The molecule has 0 aromatic heterocycles. The van der Waals surface area contributed by atoms with Crippen LogP contribution in [-0.4, -0.2) is 68.6 Å². The third-order valence-electron chi connectivity index (χ3n) is 15.0. The molecular formula is C58H94O6Si3. The van der Waals surface area contributed by atoms with Crippen LogP contribution in [0.25, 0.3) is 0 Å². The van der Waals surface area contributed by atoms with Gasteiger partial charge in [-0.15, -0.1) is 11.5 Å². The van der Waals surface area contributed by atoms with Crippen LogP contribution in [-0.2, 0) is 29.7 Å². The van der Waals surface area contributed by atoms with Crippen LogP contribution in [0.4, 0.5) is 0 Å². The standard InChI is InChI=1S/C58H94O6Si3/c1-18-48(43-61-67(57(9,10)11,51-31-24-22-25-32-51)52-33-26-23-27-34-52)40-45(6)55(64-66(19-2,20-3)21-4)47(8)56(60-42-49-35-37-50(59-14)38-36-49)46(7)54-41-53(62-58(12,13)63-54)44(5)30-28-29-39-65(15,16)17/h22-27,31-38,44-48,53-56H,18-21,28,30,40-43H2,1-17H3/t44-,45-,46-,47+,48-,53-,54-,55-,56-/m0/s1. The molecule has 6 nitrogen and oxygen atoms in total. The predicted molar refractivity (Wildman–Crippen MR) is 291 cm³/mol. The second-order valence-electron chi connectivity index (χ2n) is 22.6. The Morgan fingerprint density at radius 3 is 1.81 bits per heavy atom. The van der Waals surface area contributed by atoms with E-state index in [1.165, 1.54) is 10.4 Å². The monoisotopic (exact) mass is 971 g/mol. The summed E-state index contributed by atoms with van der Waals surface area (Å²) in [6.45, 7) is 38.4. The number of hydrogen-bond acceptors (Lipinski definition) is 6. The average Bonchev–Trinajstić information content (AvgIpc) is 3.30. The summed E-state index contributed by atoms with van der Waals surface area (Å²) < 4.78 is 42.0. The Bertz CT molecular complexity index is 1880. The van der Waals surface area contributed by atoms with E-state index >= 15 is 0 Å². The van der Waals surface area contributed by atoms with E-state index in [0.717, 1.165) is 61.5 Å². The van der Waals surface area contributed by atoms with Crippen molar-refractivity contribution in [3.05, 3.63) is 90.5 Å². The van der Waals surface area contributed by atoms with Crippen LogP contribution in [0, 0.1) is 41.1 Å². The zero-order chi connectivity index (χ0) is 49.6. The molecule has 3 aromatic carbocycles. The summed E-state index contributed by atoms with van der Waals surface area (Å²) in [5.41, 5.74) is 4.69. The topological polar surface area (TPSA) is 55.4 Å². The number of ether oxygens (including phenoxy) is 4. The van der Waals surface area contributed by atoms with E-state index in [-0.39, 0.29) is 47.2 Å². The molecule has 3 aromatic rings. The molecule has 0 bridgehead atoms. The van der Waals surface area contributed by atoms with Crippen LogP contribution in [0.1, 0.15) is 128 Å². The van der Waals surface area contributed by atoms with Gasteiger partial charge in [0.05, 0.1) is 38.1 Å². The lowest BCUT2D eigenvalue weighted by Gasteiger charge is -2.48. The quantitative estimate of drug-likeness (QED) is 0.0623. The highest BCUT2D eigenvalue weighted by atomic mass is 28.4. The van der Waals surface area contributed by atoms with E-state index < -0.39 is 30.5 Å². The molecule has 1 heterocycles. The molecule has 9 heteroatoms. The van der Waals surface area contributed by atoms with Gasteiger partial charge in [-0.25, -0.2) is 0 Å². The van der Waals surface area contributed by atoms with Crippen LogP contribution in [0.5, 0.6) is 5.75 Å². The van der Waals surface area contributed by atoms with Crippen molar-refractivity contribution in [2.45, 2.75) is 202 Å². The molecule has 0 spiro atoms. The highest BCUT2D eigenvalue weighted by molar-refractivity contribution is 6.99.